The van der Waals surface area contributed by atoms with E-state index in [1.165, 1.54) is 43.3 Å². The Morgan fingerprint density at radius 2 is 1.52 bits per heavy atom. The lowest BCUT2D eigenvalue weighted by Gasteiger charge is -2.16. The first-order chi connectivity index (χ1) is 12.8. The molecule has 0 saturated carbocycles. The molecule has 0 spiro atoms. The summed E-state index contributed by atoms with van der Waals surface area (Å²) in [5, 5.41) is 2.43. The van der Waals surface area contributed by atoms with Gasteiger partial charge < -0.3 is 10.2 Å². The van der Waals surface area contributed by atoms with Crippen molar-refractivity contribution in [3.8, 4) is 0 Å². The molecule has 0 radical (unpaired) electrons. The Kier molecular flexibility index (Phi) is 4.89. The van der Waals surface area contributed by atoms with E-state index in [0.29, 0.717) is 5.69 Å². The van der Waals surface area contributed by atoms with Crippen molar-refractivity contribution >= 4 is 34.8 Å². The number of imide groups is 1. The van der Waals surface area contributed by atoms with Crippen molar-refractivity contribution < 1.29 is 23.2 Å². The second kappa shape index (κ2) is 7.14. The topological polar surface area (TPSA) is 69.7 Å². The number of carbonyl (C=O) groups excluding carboxylic acids is 3. The van der Waals surface area contributed by atoms with Crippen molar-refractivity contribution in [1.82, 2.24) is 0 Å². The average Bonchev–Trinajstić information content (AvgIpc) is 2.92. The zero-order valence-electron chi connectivity index (χ0n) is 14.8. The molecule has 1 aliphatic heterocycles. The third-order valence-corrected chi connectivity index (χ3v) is 4.16. The summed E-state index contributed by atoms with van der Waals surface area (Å²) in [6, 6.07) is 7.89. The van der Waals surface area contributed by atoms with Crippen LogP contribution in [0.1, 0.15) is 23.2 Å². The fourth-order valence-corrected chi connectivity index (χ4v) is 2.89. The summed E-state index contributed by atoms with van der Waals surface area (Å²) in [5.74, 6) is -2.74. The summed E-state index contributed by atoms with van der Waals surface area (Å²) in [7, 11) is 3.02. The molecule has 0 unspecified atom stereocenters. The minimum atomic E-state index is -0.795. The van der Waals surface area contributed by atoms with Crippen LogP contribution in [0.4, 0.5) is 25.8 Å². The lowest BCUT2D eigenvalue weighted by atomic mass is 10.1. The number of amides is 3. The van der Waals surface area contributed by atoms with Gasteiger partial charge >= 0.3 is 0 Å². The van der Waals surface area contributed by atoms with Crippen LogP contribution in [0.5, 0.6) is 0 Å². The highest BCUT2D eigenvalue weighted by molar-refractivity contribution is 6.20. The highest BCUT2D eigenvalue weighted by Gasteiger charge is 2.30. The molecule has 0 bridgehead atoms. The van der Waals surface area contributed by atoms with Gasteiger partial charge in [-0.3, -0.25) is 19.3 Å². The number of carbonyl (C=O) groups is 3. The van der Waals surface area contributed by atoms with Crippen molar-refractivity contribution in [3.63, 3.8) is 0 Å². The second-order valence-corrected chi connectivity index (χ2v) is 6.31. The molecule has 3 amide bonds. The van der Waals surface area contributed by atoms with Crippen molar-refractivity contribution in [3.05, 3.63) is 53.6 Å². The Hall–Kier alpha value is -3.29. The zero-order chi connectivity index (χ0) is 19.7. The summed E-state index contributed by atoms with van der Waals surface area (Å²) in [6.45, 7) is 0. The summed E-state index contributed by atoms with van der Waals surface area (Å²) in [4.78, 5) is 38.2. The Morgan fingerprint density at radius 3 is 2.00 bits per heavy atom. The van der Waals surface area contributed by atoms with Crippen LogP contribution in [-0.4, -0.2) is 31.8 Å². The summed E-state index contributed by atoms with van der Waals surface area (Å²) in [6.07, 6.45) is 0.336. The van der Waals surface area contributed by atoms with Gasteiger partial charge in [-0.1, -0.05) is 0 Å². The molecule has 140 valence electrons. The normalized spacial score (nSPS) is 13.9. The number of anilines is 3. The molecule has 6 nitrogen and oxygen atoms in total. The fraction of sp³-hybridized carbons (Fsp3) is 0.211. The third-order valence-electron chi connectivity index (χ3n) is 4.16. The molecule has 1 fully saturated rings. The van der Waals surface area contributed by atoms with Crippen molar-refractivity contribution in [1.29, 1.82) is 0 Å². The van der Waals surface area contributed by atoms with Crippen molar-refractivity contribution in [2.45, 2.75) is 12.8 Å². The molecule has 1 heterocycles. The maximum Gasteiger partial charge on any atom is 0.255 e. The van der Waals surface area contributed by atoms with Gasteiger partial charge in [0.25, 0.3) is 5.91 Å². The van der Waals surface area contributed by atoms with Crippen LogP contribution in [0, 0.1) is 11.6 Å². The predicted octanol–water partition coefficient (Wildman–Crippen LogP) is 2.94. The van der Waals surface area contributed by atoms with E-state index >= 15 is 0 Å². The van der Waals surface area contributed by atoms with Gasteiger partial charge in [0, 0.05) is 38.2 Å². The van der Waals surface area contributed by atoms with E-state index in [1.54, 1.807) is 0 Å². The molecule has 1 N–H and O–H groups in total. The van der Waals surface area contributed by atoms with Gasteiger partial charge in [0.15, 0.2) is 11.6 Å². The standard InChI is InChI=1S/C19H17F2N3O3/c1-23(2)18-14(20)9-12(10-15(18)21)22-19(27)11-3-5-13(6-4-11)24-16(25)7-8-17(24)26/h3-6,9-10H,7-8H2,1-2H3,(H,22,27). The molecule has 0 aliphatic carbocycles. The van der Waals surface area contributed by atoms with Gasteiger partial charge in [-0.2, -0.15) is 0 Å². The lowest BCUT2D eigenvalue weighted by Crippen LogP contribution is -2.28. The summed E-state index contributed by atoms with van der Waals surface area (Å²) >= 11 is 0. The Labute approximate surface area is 154 Å². The van der Waals surface area contributed by atoms with Gasteiger partial charge in [-0.05, 0) is 36.4 Å². The highest BCUT2D eigenvalue weighted by atomic mass is 19.1. The van der Waals surface area contributed by atoms with Gasteiger partial charge in [0.2, 0.25) is 11.8 Å². The van der Waals surface area contributed by atoms with Crippen LogP contribution in [0.25, 0.3) is 0 Å². The van der Waals surface area contributed by atoms with E-state index in [2.05, 4.69) is 5.32 Å². The van der Waals surface area contributed by atoms with Crippen LogP contribution in [-0.2, 0) is 9.59 Å². The zero-order valence-corrected chi connectivity index (χ0v) is 14.8. The minimum absolute atomic E-state index is 0.0189. The van der Waals surface area contributed by atoms with E-state index in [0.717, 1.165) is 17.0 Å². The molecule has 2 aromatic rings. The summed E-state index contributed by atoms with van der Waals surface area (Å²) < 4.78 is 28.0. The number of rotatable bonds is 4. The lowest BCUT2D eigenvalue weighted by molar-refractivity contribution is -0.121. The van der Waals surface area contributed by atoms with Gasteiger partial charge in [0.1, 0.15) is 5.69 Å². The Morgan fingerprint density at radius 1 is 1.00 bits per heavy atom. The largest absolute Gasteiger partial charge is 0.373 e. The number of hydrogen-bond acceptors (Lipinski definition) is 4. The fourth-order valence-electron chi connectivity index (χ4n) is 2.89. The first-order valence-electron chi connectivity index (χ1n) is 8.21. The molecule has 1 saturated heterocycles. The molecule has 3 rings (SSSR count). The SMILES string of the molecule is CN(C)c1c(F)cc(NC(=O)c2ccc(N3C(=O)CCC3=O)cc2)cc1F. The average molecular weight is 373 g/mol. The first-order valence-corrected chi connectivity index (χ1v) is 8.21. The number of nitrogens with zero attached hydrogens (tertiary/aromatic N) is 2. The number of hydrogen-bond donors (Lipinski definition) is 1. The Bertz CT molecular complexity index is 887. The maximum atomic E-state index is 14.0. The van der Waals surface area contributed by atoms with Crippen LogP contribution in [0.2, 0.25) is 0 Å². The van der Waals surface area contributed by atoms with Crippen molar-refractivity contribution in [2.75, 3.05) is 29.2 Å². The van der Waals surface area contributed by atoms with E-state index in [-0.39, 0.29) is 41.6 Å². The first kappa shape index (κ1) is 18.5. The van der Waals surface area contributed by atoms with Crippen molar-refractivity contribution in [2.24, 2.45) is 0 Å². The van der Waals surface area contributed by atoms with Gasteiger partial charge in [0.05, 0.1) is 5.69 Å². The molecule has 8 heteroatoms. The minimum Gasteiger partial charge on any atom is -0.373 e. The molecule has 27 heavy (non-hydrogen) atoms. The van der Waals surface area contributed by atoms with Crippen LogP contribution < -0.4 is 15.1 Å². The van der Waals surface area contributed by atoms with E-state index in [1.807, 2.05) is 0 Å². The molecular weight excluding hydrogens is 356 g/mol. The van der Waals surface area contributed by atoms with Crippen LogP contribution in [0.3, 0.4) is 0 Å². The molecule has 1 aliphatic rings. The highest BCUT2D eigenvalue weighted by Crippen LogP contribution is 2.26. The Balaban J connectivity index is 1.77. The molecule has 0 aromatic heterocycles. The quantitative estimate of drug-likeness (QED) is 0.837. The van der Waals surface area contributed by atoms with Crippen LogP contribution >= 0.6 is 0 Å². The van der Waals surface area contributed by atoms with E-state index < -0.39 is 17.5 Å². The maximum absolute atomic E-state index is 14.0. The monoisotopic (exact) mass is 373 g/mol. The predicted molar refractivity (Wildman–Crippen MR) is 96.8 cm³/mol. The van der Waals surface area contributed by atoms with Gasteiger partial charge in [-0.25, -0.2) is 8.78 Å². The second-order valence-electron chi connectivity index (χ2n) is 6.31. The number of halogens is 2. The number of benzene rings is 2. The third kappa shape index (κ3) is 3.64. The molecular formula is C19H17F2N3O3. The van der Waals surface area contributed by atoms with Gasteiger partial charge in [-0.15, -0.1) is 0 Å². The van der Waals surface area contributed by atoms with Crippen LogP contribution in [0.15, 0.2) is 36.4 Å². The summed E-state index contributed by atoms with van der Waals surface area (Å²) in [5.41, 5.74) is 0.383. The van der Waals surface area contributed by atoms with E-state index in [9.17, 15) is 23.2 Å². The van der Waals surface area contributed by atoms with E-state index in [4.69, 9.17) is 0 Å². The number of nitrogens with one attached hydrogen (secondary N) is 1. The molecule has 0 atom stereocenters. The smallest absolute Gasteiger partial charge is 0.255 e. The molecule has 2 aromatic carbocycles.